The number of carbonyl (C=O) groups excluding carboxylic acids is 3. The highest BCUT2D eigenvalue weighted by Gasteiger charge is 2.22. The number of halogens is 1. The summed E-state index contributed by atoms with van der Waals surface area (Å²) in [5, 5.41) is 3.23. The smallest absolute Gasteiger partial charge is 0.339 e. The zero-order valence-electron chi connectivity index (χ0n) is 14.4. The first-order valence-electron chi connectivity index (χ1n) is 7.95. The first-order chi connectivity index (χ1) is 12.9. The minimum absolute atomic E-state index is 0.159. The predicted octanol–water partition coefficient (Wildman–Crippen LogP) is 2.89. The summed E-state index contributed by atoms with van der Waals surface area (Å²) < 4.78 is 4.96. The molecule has 1 aromatic carbocycles. The Labute approximate surface area is 158 Å². The molecule has 0 aliphatic rings. The van der Waals surface area contributed by atoms with Crippen LogP contribution in [0.15, 0.2) is 36.9 Å². The molecule has 2 N–H and O–H groups in total. The lowest BCUT2D eigenvalue weighted by atomic mass is 10.1. The van der Waals surface area contributed by atoms with E-state index >= 15 is 0 Å². The van der Waals surface area contributed by atoms with Gasteiger partial charge in [-0.1, -0.05) is 11.6 Å². The summed E-state index contributed by atoms with van der Waals surface area (Å²) >= 11 is 5.68. The quantitative estimate of drug-likeness (QED) is 0.396. The van der Waals surface area contributed by atoms with Crippen LogP contribution < -0.4 is 5.32 Å². The molecule has 0 saturated heterocycles. The van der Waals surface area contributed by atoms with Crippen molar-refractivity contribution in [2.75, 3.05) is 5.32 Å². The Balaban J connectivity index is 2.10. The van der Waals surface area contributed by atoms with Crippen molar-refractivity contribution in [1.29, 1.82) is 0 Å². The fraction of sp³-hybridized carbons (Fsp3) is 0.167. The molecule has 3 rings (SSSR count). The van der Waals surface area contributed by atoms with E-state index in [0.29, 0.717) is 16.6 Å². The fourth-order valence-electron chi connectivity index (χ4n) is 2.58. The number of ether oxygens (including phenoxy) is 1. The van der Waals surface area contributed by atoms with Gasteiger partial charge in [-0.3, -0.25) is 9.59 Å². The number of ketones is 1. The van der Waals surface area contributed by atoms with E-state index in [1.807, 2.05) is 0 Å². The SMILES string of the molecule is CC(=O)Nc1c(C(=O)c2cncnc2)[nH]c2cc(C(=O)OC(C)Cl)ccc12. The van der Waals surface area contributed by atoms with E-state index in [1.54, 1.807) is 6.07 Å². The highest BCUT2D eigenvalue weighted by atomic mass is 35.5. The van der Waals surface area contributed by atoms with Gasteiger partial charge >= 0.3 is 5.97 Å². The summed E-state index contributed by atoms with van der Waals surface area (Å²) in [6.45, 7) is 2.87. The number of H-pyrrole nitrogens is 1. The number of carbonyl (C=O) groups is 3. The number of alkyl halides is 1. The van der Waals surface area contributed by atoms with E-state index < -0.39 is 17.3 Å². The molecule has 0 radical (unpaired) electrons. The average Bonchev–Trinajstić information content (AvgIpc) is 2.98. The molecule has 27 heavy (non-hydrogen) atoms. The second-order valence-corrected chi connectivity index (χ2v) is 6.34. The van der Waals surface area contributed by atoms with Crippen LogP contribution in [-0.4, -0.2) is 38.2 Å². The van der Waals surface area contributed by atoms with Gasteiger partial charge in [-0.15, -0.1) is 0 Å². The van der Waals surface area contributed by atoms with E-state index in [9.17, 15) is 14.4 Å². The van der Waals surface area contributed by atoms with E-state index in [0.717, 1.165) is 0 Å². The summed E-state index contributed by atoms with van der Waals surface area (Å²) in [4.78, 5) is 47.1. The van der Waals surface area contributed by atoms with Gasteiger partial charge in [0.15, 0.2) is 5.56 Å². The van der Waals surface area contributed by atoms with Crippen LogP contribution in [0.3, 0.4) is 0 Å². The molecule has 1 atom stereocenters. The molecule has 0 saturated carbocycles. The van der Waals surface area contributed by atoms with Gasteiger partial charge in [0.25, 0.3) is 0 Å². The lowest BCUT2D eigenvalue weighted by molar-refractivity contribution is -0.114. The third kappa shape index (κ3) is 3.95. The Morgan fingerprint density at radius 1 is 1.19 bits per heavy atom. The summed E-state index contributed by atoms with van der Waals surface area (Å²) in [5.74, 6) is -1.33. The Morgan fingerprint density at radius 3 is 2.52 bits per heavy atom. The van der Waals surface area contributed by atoms with Crippen molar-refractivity contribution >= 4 is 45.9 Å². The molecule has 0 aliphatic heterocycles. The summed E-state index contributed by atoms with van der Waals surface area (Å²) in [6.07, 6.45) is 4.07. The van der Waals surface area contributed by atoms with E-state index in [-0.39, 0.29) is 22.7 Å². The van der Waals surface area contributed by atoms with Crippen molar-refractivity contribution in [2.24, 2.45) is 0 Å². The first-order valence-corrected chi connectivity index (χ1v) is 8.38. The Kier molecular flexibility index (Phi) is 5.18. The molecule has 9 heteroatoms. The van der Waals surface area contributed by atoms with Crippen LogP contribution in [0.1, 0.15) is 40.3 Å². The maximum atomic E-state index is 12.8. The standard InChI is InChI=1S/C18H15ClN4O4/c1-9(19)27-18(26)11-3-4-13-14(5-11)23-16(15(13)22-10(2)24)17(25)12-6-20-8-21-7-12/h3-9,23H,1-2H3,(H,22,24). The zero-order valence-corrected chi connectivity index (χ0v) is 15.2. The number of rotatable bonds is 5. The lowest BCUT2D eigenvalue weighted by Gasteiger charge is -2.06. The van der Waals surface area contributed by atoms with Crippen LogP contribution in [0.4, 0.5) is 5.69 Å². The number of hydrogen-bond donors (Lipinski definition) is 2. The number of esters is 1. The van der Waals surface area contributed by atoms with E-state index in [1.165, 1.54) is 44.7 Å². The topological polar surface area (TPSA) is 114 Å². The maximum Gasteiger partial charge on any atom is 0.339 e. The van der Waals surface area contributed by atoms with Gasteiger partial charge < -0.3 is 15.0 Å². The Hall–Kier alpha value is -3.26. The second kappa shape index (κ2) is 7.55. The molecule has 0 bridgehead atoms. The highest BCUT2D eigenvalue weighted by molar-refractivity contribution is 6.20. The molecule has 8 nitrogen and oxygen atoms in total. The molecule has 0 spiro atoms. The van der Waals surface area contributed by atoms with Gasteiger partial charge in [0, 0.05) is 30.2 Å². The van der Waals surface area contributed by atoms with E-state index in [2.05, 4.69) is 20.3 Å². The molecular weight excluding hydrogens is 372 g/mol. The summed E-state index contributed by atoms with van der Waals surface area (Å²) in [6, 6.07) is 4.67. The molecule has 0 fully saturated rings. The number of aromatic nitrogens is 3. The number of nitrogens with zero attached hydrogens (tertiary/aromatic N) is 2. The van der Waals surface area contributed by atoms with Crippen molar-refractivity contribution in [3.05, 3.63) is 53.7 Å². The fourth-order valence-corrected chi connectivity index (χ4v) is 2.66. The molecule has 138 valence electrons. The van der Waals surface area contributed by atoms with Gasteiger partial charge in [-0.05, 0) is 25.1 Å². The van der Waals surface area contributed by atoms with Gasteiger partial charge in [-0.25, -0.2) is 14.8 Å². The lowest BCUT2D eigenvalue weighted by Crippen LogP contribution is -2.11. The number of nitrogens with one attached hydrogen (secondary N) is 2. The average molecular weight is 387 g/mol. The maximum absolute atomic E-state index is 12.8. The predicted molar refractivity (Wildman–Crippen MR) is 98.8 cm³/mol. The normalized spacial score (nSPS) is 11.8. The van der Waals surface area contributed by atoms with Crippen molar-refractivity contribution in [3.8, 4) is 0 Å². The number of benzene rings is 1. The molecule has 2 aromatic heterocycles. The first kappa shape index (κ1) is 18.5. The van der Waals surface area contributed by atoms with Crippen molar-refractivity contribution in [1.82, 2.24) is 15.0 Å². The number of fused-ring (bicyclic) bond motifs is 1. The monoisotopic (exact) mass is 386 g/mol. The highest BCUT2D eigenvalue weighted by Crippen LogP contribution is 2.30. The Bertz CT molecular complexity index is 1030. The zero-order chi connectivity index (χ0) is 19.6. The minimum atomic E-state index is -0.776. The molecule has 2 heterocycles. The molecular formula is C18H15ClN4O4. The third-order valence-electron chi connectivity index (χ3n) is 3.65. The molecule has 1 amide bonds. The van der Waals surface area contributed by atoms with Crippen molar-refractivity contribution in [3.63, 3.8) is 0 Å². The number of hydrogen-bond acceptors (Lipinski definition) is 6. The van der Waals surface area contributed by atoms with Crippen LogP contribution in [0.25, 0.3) is 10.9 Å². The van der Waals surface area contributed by atoms with Crippen LogP contribution in [0.5, 0.6) is 0 Å². The van der Waals surface area contributed by atoms with Gasteiger partial charge in [0.2, 0.25) is 11.7 Å². The Morgan fingerprint density at radius 2 is 1.89 bits per heavy atom. The number of amides is 1. The summed E-state index contributed by atoms with van der Waals surface area (Å²) in [5.41, 5.74) is 0.694. The molecule has 1 unspecified atom stereocenters. The molecule has 3 aromatic rings. The summed E-state index contributed by atoms with van der Waals surface area (Å²) in [7, 11) is 0. The van der Waals surface area contributed by atoms with E-state index in [4.69, 9.17) is 16.3 Å². The number of aromatic amines is 1. The van der Waals surface area contributed by atoms with Gasteiger partial charge in [0.05, 0.1) is 16.8 Å². The van der Waals surface area contributed by atoms with Crippen LogP contribution >= 0.6 is 11.6 Å². The van der Waals surface area contributed by atoms with Crippen LogP contribution in [0.2, 0.25) is 0 Å². The second-order valence-electron chi connectivity index (χ2n) is 5.72. The third-order valence-corrected chi connectivity index (χ3v) is 3.74. The largest absolute Gasteiger partial charge is 0.443 e. The van der Waals surface area contributed by atoms with Gasteiger partial charge in [0.1, 0.15) is 12.0 Å². The van der Waals surface area contributed by atoms with Gasteiger partial charge in [-0.2, -0.15) is 0 Å². The van der Waals surface area contributed by atoms with Crippen molar-refractivity contribution in [2.45, 2.75) is 19.4 Å². The van der Waals surface area contributed by atoms with Crippen LogP contribution in [0, 0.1) is 0 Å². The van der Waals surface area contributed by atoms with Crippen molar-refractivity contribution < 1.29 is 19.1 Å². The molecule has 0 aliphatic carbocycles. The number of anilines is 1. The van der Waals surface area contributed by atoms with Crippen LogP contribution in [-0.2, 0) is 9.53 Å². The minimum Gasteiger partial charge on any atom is -0.443 e.